The van der Waals surface area contributed by atoms with Gasteiger partial charge in [-0.05, 0) is 50.3 Å². The Labute approximate surface area is 157 Å². The summed E-state index contributed by atoms with van der Waals surface area (Å²) in [5.41, 5.74) is 3.07. The molecule has 2 amide bonds. The molecule has 0 heterocycles. The molecule has 1 fully saturated rings. The Bertz CT molecular complexity index is 626. The number of aryl methyl sites for hydroxylation is 2. The van der Waals surface area contributed by atoms with Gasteiger partial charge in [0.05, 0.1) is 6.54 Å². The molecule has 0 aliphatic heterocycles. The third kappa shape index (κ3) is 6.45. The number of nitrogens with one attached hydrogen (secondary N) is 1. The number of hydrogen-bond donors (Lipinski definition) is 1. The van der Waals surface area contributed by atoms with Crippen LogP contribution < -0.4 is 5.32 Å². The molecule has 5 nitrogen and oxygen atoms in total. The molecule has 0 radical (unpaired) electrons. The highest BCUT2D eigenvalue weighted by molar-refractivity contribution is 5.93. The summed E-state index contributed by atoms with van der Waals surface area (Å²) < 4.78 is 0. The molecule has 1 aliphatic rings. The van der Waals surface area contributed by atoms with Gasteiger partial charge in [0, 0.05) is 38.3 Å². The molecule has 5 heteroatoms. The molecular formula is C21H33N3O2. The largest absolute Gasteiger partial charge is 0.346 e. The van der Waals surface area contributed by atoms with Crippen LogP contribution in [0.4, 0.5) is 5.69 Å². The summed E-state index contributed by atoms with van der Waals surface area (Å²) in [6, 6.07) is 6.52. The minimum Gasteiger partial charge on any atom is -0.346 e. The number of carbonyl (C=O) groups excluding carboxylic acids is 2. The fourth-order valence-corrected chi connectivity index (χ4v) is 3.03. The van der Waals surface area contributed by atoms with Gasteiger partial charge in [-0.2, -0.15) is 0 Å². The normalized spacial score (nSPS) is 13.7. The van der Waals surface area contributed by atoms with Crippen molar-refractivity contribution in [1.29, 1.82) is 0 Å². The van der Waals surface area contributed by atoms with Crippen molar-refractivity contribution >= 4 is 17.5 Å². The second-order valence-electron chi connectivity index (χ2n) is 7.49. The predicted molar refractivity (Wildman–Crippen MR) is 106 cm³/mol. The molecule has 0 unspecified atom stereocenters. The van der Waals surface area contributed by atoms with E-state index in [9.17, 15) is 9.59 Å². The van der Waals surface area contributed by atoms with Crippen molar-refractivity contribution in [2.45, 2.75) is 58.9 Å². The first-order valence-electron chi connectivity index (χ1n) is 9.75. The minimum absolute atomic E-state index is 0.00242. The van der Waals surface area contributed by atoms with Crippen LogP contribution in [0.15, 0.2) is 18.2 Å². The lowest BCUT2D eigenvalue weighted by molar-refractivity contribution is -0.130. The summed E-state index contributed by atoms with van der Waals surface area (Å²) in [6.07, 6.45) is 4.85. The van der Waals surface area contributed by atoms with Crippen LogP contribution in [0.1, 0.15) is 50.2 Å². The summed E-state index contributed by atoms with van der Waals surface area (Å²) >= 11 is 0. The molecule has 0 bridgehead atoms. The van der Waals surface area contributed by atoms with E-state index in [4.69, 9.17) is 0 Å². The Morgan fingerprint density at radius 2 is 1.92 bits per heavy atom. The first kappa shape index (κ1) is 20.4. The number of benzene rings is 1. The van der Waals surface area contributed by atoms with Crippen molar-refractivity contribution in [1.82, 2.24) is 9.80 Å². The number of amides is 2. The lowest BCUT2D eigenvalue weighted by Gasteiger charge is -2.23. The topological polar surface area (TPSA) is 52.7 Å². The van der Waals surface area contributed by atoms with Crippen molar-refractivity contribution in [2.75, 3.05) is 32.0 Å². The highest BCUT2D eigenvalue weighted by Crippen LogP contribution is 2.27. The van der Waals surface area contributed by atoms with Crippen molar-refractivity contribution in [3.8, 4) is 0 Å². The number of rotatable bonds is 10. The molecule has 2 rings (SSSR count). The van der Waals surface area contributed by atoms with Crippen LogP contribution in [-0.4, -0.2) is 54.3 Å². The Kier molecular flexibility index (Phi) is 7.64. The van der Waals surface area contributed by atoms with Crippen LogP contribution in [-0.2, 0) is 9.59 Å². The van der Waals surface area contributed by atoms with E-state index in [0.29, 0.717) is 25.6 Å². The fraction of sp³-hybridized carbons (Fsp3) is 0.619. The summed E-state index contributed by atoms with van der Waals surface area (Å²) in [7, 11) is 1.87. The highest BCUT2D eigenvalue weighted by Gasteiger charge is 2.30. The molecule has 0 spiro atoms. The molecule has 26 heavy (non-hydrogen) atoms. The molecular weight excluding hydrogens is 326 g/mol. The van der Waals surface area contributed by atoms with Crippen molar-refractivity contribution in [2.24, 2.45) is 0 Å². The van der Waals surface area contributed by atoms with Gasteiger partial charge in [0.15, 0.2) is 0 Å². The minimum atomic E-state index is -0.00242. The highest BCUT2D eigenvalue weighted by atomic mass is 16.2. The molecule has 144 valence electrons. The van der Waals surface area contributed by atoms with Gasteiger partial charge in [-0.25, -0.2) is 0 Å². The van der Waals surface area contributed by atoms with Crippen LogP contribution in [0.5, 0.6) is 0 Å². The Balaban J connectivity index is 1.85. The molecule has 1 saturated carbocycles. The molecule has 1 aromatic rings. The van der Waals surface area contributed by atoms with Crippen LogP contribution in [0.25, 0.3) is 0 Å². The molecule has 0 aromatic heterocycles. The average molecular weight is 360 g/mol. The molecule has 1 N–H and O–H groups in total. The van der Waals surface area contributed by atoms with E-state index in [1.54, 1.807) is 0 Å². The van der Waals surface area contributed by atoms with E-state index < -0.39 is 0 Å². The summed E-state index contributed by atoms with van der Waals surface area (Å²) in [6.45, 7) is 7.96. The van der Waals surface area contributed by atoms with Gasteiger partial charge < -0.3 is 10.2 Å². The smallest absolute Gasteiger partial charge is 0.238 e. The van der Waals surface area contributed by atoms with E-state index in [-0.39, 0.29) is 11.8 Å². The third-order valence-corrected chi connectivity index (χ3v) is 4.96. The number of hydrogen-bond acceptors (Lipinski definition) is 3. The van der Waals surface area contributed by atoms with E-state index in [1.807, 2.05) is 44.0 Å². The second-order valence-corrected chi connectivity index (χ2v) is 7.49. The standard InChI is InChI=1S/C21H33N3O2/c1-5-6-12-23(4)21(26)11-13-24(18-9-10-18)15-20(25)22-19-14-16(2)7-8-17(19)3/h7-8,14,18H,5-6,9-13,15H2,1-4H3,(H,22,25). The van der Waals surface area contributed by atoms with E-state index in [2.05, 4.69) is 17.1 Å². The first-order valence-corrected chi connectivity index (χ1v) is 9.75. The zero-order chi connectivity index (χ0) is 19.1. The Morgan fingerprint density at radius 3 is 2.58 bits per heavy atom. The maximum Gasteiger partial charge on any atom is 0.238 e. The van der Waals surface area contributed by atoms with Gasteiger partial charge in [0.1, 0.15) is 0 Å². The number of nitrogens with zero attached hydrogens (tertiary/aromatic N) is 2. The van der Waals surface area contributed by atoms with Crippen LogP contribution in [0.3, 0.4) is 0 Å². The van der Waals surface area contributed by atoms with E-state index in [1.165, 1.54) is 0 Å². The van der Waals surface area contributed by atoms with Gasteiger partial charge in [-0.15, -0.1) is 0 Å². The number of unbranched alkanes of at least 4 members (excludes halogenated alkanes) is 1. The Morgan fingerprint density at radius 1 is 1.19 bits per heavy atom. The zero-order valence-electron chi connectivity index (χ0n) is 16.7. The van der Waals surface area contributed by atoms with E-state index >= 15 is 0 Å². The van der Waals surface area contributed by atoms with Gasteiger partial charge in [0.25, 0.3) is 0 Å². The molecule has 1 aromatic carbocycles. The van der Waals surface area contributed by atoms with Crippen molar-refractivity contribution in [3.63, 3.8) is 0 Å². The summed E-state index contributed by atoms with van der Waals surface area (Å²) in [5, 5.41) is 3.03. The fourth-order valence-electron chi connectivity index (χ4n) is 3.03. The average Bonchev–Trinajstić information content (AvgIpc) is 3.44. The second kappa shape index (κ2) is 9.72. The van der Waals surface area contributed by atoms with Gasteiger partial charge >= 0.3 is 0 Å². The lowest BCUT2D eigenvalue weighted by Crippen LogP contribution is -2.38. The van der Waals surface area contributed by atoms with Crippen LogP contribution >= 0.6 is 0 Å². The Hall–Kier alpha value is -1.88. The van der Waals surface area contributed by atoms with Crippen LogP contribution in [0.2, 0.25) is 0 Å². The van der Waals surface area contributed by atoms with Gasteiger partial charge in [-0.1, -0.05) is 25.5 Å². The van der Waals surface area contributed by atoms with Gasteiger partial charge in [0.2, 0.25) is 11.8 Å². The zero-order valence-corrected chi connectivity index (χ0v) is 16.7. The maximum atomic E-state index is 12.5. The summed E-state index contributed by atoms with van der Waals surface area (Å²) in [4.78, 5) is 28.7. The SMILES string of the molecule is CCCCN(C)C(=O)CCN(CC(=O)Nc1cc(C)ccc1C)C1CC1. The van der Waals surface area contributed by atoms with Crippen molar-refractivity contribution in [3.05, 3.63) is 29.3 Å². The van der Waals surface area contributed by atoms with Crippen LogP contribution in [0, 0.1) is 13.8 Å². The predicted octanol–water partition coefficient (Wildman–Crippen LogP) is 3.35. The number of anilines is 1. The first-order chi connectivity index (χ1) is 12.4. The van der Waals surface area contributed by atoms with Crippen molar-refractivity contribution < 1.29 is 9.59 Å². The monoisotopic (exact) mass is 359 g/mol. The van der Waals surface area contributed by atoms with E-state index in [0.717, 1.165) is 49.0 Å². The quantitative estimate of drug-likeness (QED) is 0.697. The maximum absolute atomic E-state index is 12.5. The number of carbonyl (C=O) groups is 2. The molecule has 0 saturated heterocycles. The molecule has 1 aliphatic carbocycles. The molecule has 0 atom stereocenters. The summed E-state index contributed by atoms with van der Waals surface area (Å²) in [5.74, 6) is 0.163. The van der Waals surface area contributed by atoms with Gasteiger partial charge in [-0.3, -0.25) is 14.5 Å². The third-order valence-electron chi connectivity index (χ3n) is 4.96. The lowest BCUT2D eigenvalue weighted by atomic mass is 10.1.